The first-order valence-electron chi connectivity index (χ1n) is 37.0. The fraction of sp³-hybridized carbons (Fsp3) is 0.818. The third kappa shape index (κ3) is 21.9. The van der Waals surface area contributed by atoms with Gasteiger partial charge < -0.3 is 60.7 Å². The number of hydrogen-bond acceptors (Lipinski definition) is 19. The van der Waals surface area contributed by atoms with Gasteiger partial charge in [-0.05, 0) is 193 Å². The zero-order chi connectivity index (χ0) is 72.2. The normalized spacial score (nSPS) is 35.7. The Labute approximate surface area is 631 Å². The van der Waals surface area contributed by atoms with Crippen LogP contribution in [0.5, 0.6) is 0 Å². The maximum Gasteiger partial charge on any atom is 1.00 e. The van der Waals surface area contributed by atoms with Gasteiger partial charge in [0.1, 0.15) is 12.9 Å². The third-order valence-electron chi connectivity index (χ3n) is 24.8. The monoisotopic (exact) mass is 1450 g/mol. The Morgan fingerprint density at radius 3 is 1.53 bits per heavy atom. The second-order valence-electron chi connectivity index (χ2n) is 30.9. The van der Waals surface area contributed by atoms with Crippen molar-refractivity contribution in [3.05, 3.63) is 45.6 Å². The first-order chi connectivity index (χ1) is 47.3. The van der Waals surface area contributed by atoms with Gasteiger partial charge in [-0.1, -0.05) is 75.0 Å². The number of nitrogens with one attached hydrogen (secondary N) is 1. The van der Waals surface area contributed by atoms with Crippen molar-refractivity contribution in [1.82, 2.24) is 10.2 Å². The van der Waals surface area contributed by atoms with Crippen LogP contribution < -0.4 is 34.9 Å². The van der Waals surface area contributed by atoms with Gasteiger partial charge in [-0.25, -0.2) is 19.4 Å². The van der Waals surface area contributed by atoms with Gasteiger partial charge in [0.05, 0.1) is 88.2 Å². The number of carbonyl (C=O) groups excluding carboxylic acids is 6. The minimum atomic E-state index is -0.639. The number of alkyl halides is 2. The number of fused-ring (bicyclic) bond motifs is 12. The number of aldehydes is 1. The first kappa shape index (κ1) is 86.5. The van der Waals surface area contributed by atoms with E-state index in [2.05, 4.69) is 88.1 Å². The summed E-state index contributed by atoms with van der Waals surface area (Å²) in [6.07, 6.45) is 26.1. The van der Waals surface area contributed by atoms with Crippen molar-refractivity contribution in [3.8, 4) is 0 Å². The van der Waals surface area contributed by atoms with Crippen molar-refractivity contribution in [1.29, 1.82) is 0 Å². The summed E-state index contributed by atoms with van der Waals surface area (Å²) in [5.74, 6) is 5.98. The van der Waals surface area contributed by atoms with Crippen LogP contribution in [0.3, 0.4) is 0 Å². The third-order valence-corrected chi connectivity index (χ3v) is 24.8. The summed E-state index contributed by atoms with van der Waals surface area (Å²) in [6, 6.07) is 1.03. The molecule has 0 aromatic rings. The van der Waals surface area contributed by atoms with Crippen molar-refractivity contribution in [2.75, 3.05) is 105 Å². The van der Waals surface area contributed by atoms with E-state index in [0.29, 0.717) is 118 Å². The van der Waals surface area contributed by atoms with E-state index in [0.717, 1.165) is 127 Å². The van der Waals surface area contributed by atoms with Crippen LogP contribution in [0.4, 0.5) is 0 Å². The number of hydrogen-bond donors (Lipinski definition) is 1. The number of ether oxygens (including phenoxy) is 8. The molecule has 4 aliphatic heterocycles. The van der Waals surface area contributed by atoms with Gasteiger partial charge in [-0.2, -0.15) is 0 Å². The fourth-order valence-corrected chi connectivity index (χ4v) is 20.1. The molecule has 4 saturated heterocycles. The molecule has 0 aromatic carbocycles. The van der Waals surface area contributed by atoms with E-state index >= 15 is 0 Å². The molecule has 2 spiro atoms. The number of nitrogens with zero attached hydrogens (tertiary/aromatic N) is 1. The summed E-state index contributed by atoms with van der Waals surface area (Å²) in [5.41, 5.74) is 10.3. The van der Waals surface area contributed by atoms with Crippen molar-refractivity contribution in [2.24, 2.45) is 70.0 Å². The Balaban J connectivity index is 0.000000233. The van der Waals surface area contributed by atoms with E-state index in [1.54, 1.807) is 36.5 Å². The van der Waals surface area contributed by atoms with Crippen LogP contribution in [0.25, 0.3) is 0 Å². The Hall–Kier alpha value is -2.38. The molecular weight excluding hydrogens is 1330 g/mol. The molecule has 8 fully saturated rings. The van der Waals surface area contributed by atoms with Crippen LogP contribution in [-0.4, -0.2) is 189 Å². The maximum atomic E-state index is 12.2. The minimum Gasteiger partial charge on any atom is -0.793 e. The predicted octanol–water partition coefficient (Wildman–Crippen LogP) is 9.54. The number of rotatable bonds is 17. The molecule has 12 rings (SSSR count). The molecule has 0 aromatic heterocycles. The maximum absolute atomic E-state index is 12.2. The Morgan fingerprint density at radius 2 is 1.07 bits per heavy atom. The average molecular weight is 1450 g/mol. The zero-order valence-corrected chi connectivity index (χ0v) is 66.7. The van der Waals surface area contributed by atoms with Gasteiger partial charge in [0.15, 0.2) is 11.6 Å². The summed E-state index contributed by atoms with van der Waals surface area (Å²) in [4.78, 5) is 73.6. The summed E-state index contributed by atoms with van der Waals surface area (Å²) in [5, 5.41) is 4.04. The number of ketones is 2. The van der Waals surface area contributed by atoms with Crippen LogP contribution in [0.15, 0.2) is 45.6 Å². The summed E-state index contributed by atoms with van der Waals surface area (Å²) in [6.45, 7) is 31.9. The van der Waals surface area contributed by atoms with Gasteiger partial charge in [-0.3, -0.25) is 19.3 Å². The largest absolute Gasteiger partial charge is 1.00 e. The Bertz CT molecular complexity index is 2810. The molecule has 19 nitrogen and oxygen atoms in total. The van der Waals surface area contributed by atoms with Crippen LogP contribution in [0.2, 0.25) is 0 Å². The van der Waals surface area contributed by atoms with Crippen LogP contribution >= 0.6 is 23.2 Å². The molecule has 100 heavy (non-hydrogen) atoms. The molecule has 4 heterocycles. The number of piperidine rings is 2. The molecule has 0 bridgehead atoms. The fourth-order valence-electron chi connectivity index (χ4n) is 20.1. The van der Waals surface area contributed by atoms with Gasteiger partial charge in [0, 0.05) is 84.8 Å². The number of allylic oxidation sites excluding steroid dienone is 6. The van der Waals surface area contributed by atoms with Gasteiger partial charge in [-0.15, -0.1) is 23.2 Å². The summed E-state index contributed by atoms with van der Waals surface area (Å²) in [7, 11) is 7.64. The zero-order valence-electron chi connectivity index (χ0n) is 63.2. The van der Waals surface area contributed by atoms with E-state index in [1.807, 2.05) is 12.2 Å². The molecule has 1 N–H and O–H groups in total. The second kappa shape index (κ2) is 41.1. The van der Waals surface area contributed by atoms with E-state index in [1.165, 1.54) is 82.3 Å². The van der Waals surface area contributed by atoms with Crippen molar-refractivity contribution in [3.63, 3.8) is 0 Å². The molecule has 12 aliphatic rings. The number of carbonyl (C=O) groups is 6. The predicted molar refractivity (Wildman–Crippen MR) is 382 cm³/mol. The van der Waals surface area contributed by atoms with Crippen LogP contribution in [0, 0.1) is 70.0 Å². The standard InChI is InChI=1S/C35H55NO5.C28H41NO2.C7H14O4.C4H6O4.C2H3BO2.CH2Cl2.Na/c1-23-18-32-33(36(22-23)12-13-39-16-17-40-15-14-38-5)25(3)35(41-32)11-9-28-29-7-6-26-19-27(37)8-10-34(26,4)31(29)20-30(28)24(2)21-35;1-16-11-25-26(29-15-16)18(3)28(31-25)10-8-21-22-6-5-19-12-20(30)7-9-27(19,4)24(22)13-23(21)17(2)14-28;1-9-4-5-11-7-6-10-3-2-8;1-3(5)7-8-4(2)6;1-2(4)5-3;2-1-3;/h19,23,25,28-29,31-33H,6-18,20-22H2,1-5H3;12,16,18,21-22,24-26,29H,5-11,13-15H2,1-4H3;2H,3-7H2,1H3;1-2H3;1H3;1H2;/q;;;;-1;;+1/t23-,25+,28-,29-,31-,32+,33-,34-,35-;16-,18+,21-,22-,24-,25+,26-,27-,28-;;;;;/m00...../s1. The number of halogens is 2. The number of methoxy groups -OCH3 is 2. The average Bonchev–Trinajstić information content (AvgIpc) is 1.54. The van der Waals surface area contributed by atoms with Crippen molar-refractivity contribution >= 4 is 67.0 Å². The summed E-state index contributed by atoms with van der Waals surface area (Å²) >= 11 is 9.53. The summed E-state index contributed by atoms with van der Waals surface area (Å²) < 4.78 is 49.1. The Kier molecular flexibility index (Phi) is 35.6. The van der Waals surface area contributed by atoms with Crippen molar-refractivity contribution < 1.29 is 111 Å². The molecular formula is C77H121BCl2N2NaO17. The number of likely N-dealkylation sites (tertiary alicyclic amines) is 1. The van der Waals surface area contributed by atoms with Crippen molar-refractivity contribution in [2.45, 2.75) is 227 Å². The van der Waals surface area contributed by atoms with Gasteiger partial charge in [0.25, 0.3) is 0 Å². The van der Waals surface area contributed by atoms with E-state index < -0.39 is 17.9 Å². The molecule has 0 unspecified atom stereocenters. The topological polar surface area (TPSA) is 219 Å². The molecule has 23 heteroatoms. The van der Waals surface area contributed by atoms with Crippen LogP contribution in [-0.2, 0) is 81.1 Å². The van der Waals surface area contributed by atoms with Gasteiger partial charge >= 0.3 is 41.5 Å². The van der Waals surface area contributed by atoms with E-state index in [4.69, 9.17) is 61.1 Å². The first-order valence-corrected chi connectivity index (χ1v) is 38.1. The van der Waals surface area contributed by atoms with E-state index in [9.17, 15) is 28.8 Å². The molecule has 559 valence electrons. The molecule has 8 aliphatic carbocycles. The molecule has 18 atom stereocenters. The SMILES string of the molecule is CC(=O)OOC(C)=O.CC1=C2C[C@H]3[C@@H](CCC4=CC(=O)CC[C@@]43C)[C@@H]2CC[C@@]2(C1)O[C@@H]1C[C@H](C)CN[C@H]1[C@H]2C.COCCOCCOCC=O.COCCOCCOCCN1C[C@@H](C)C[C@H]2O[C@]3(CC[C@@H]4C(=C(C)C3)C[C@H]3[C@H]4CCC4=CC(=O)CC[C@@]43C)[C@H](C)[C@@H]21.ClCCl.[B-]OC(C)=O.[Na+]. The minimum absolute atomic E-state index is 0. The second-order valence-corrected chi connectivity index (χ2v) is 31.7. The van der Waals surface area contributed by atoms with E-state index in [-0.39, 0.29) is 63.5 Å². The quantitative estimate of drug-likeness (QED) is 0.0272. The smallest absolute Gasteiger partial charge is 0.793 e. The molecule has 0 amide bonds. The van der Waals surface area contributed by atoms with Crippen LogP contribution in [0.1, 0.15) is 192 Å². The molecule has 3 radical (unpaired) electrons. The Morgan fingerprint density at radius 1 is 0.630 bits per heavy atom. The van der Waals surface area contributed by atoms with Gasteiger partial charge in [0.2, 0.25) is 5.97 Å². The molecule has 4 saturated carbocycles.